The van der Waals surface area contributed by atoms with Crippen LogP contribution in [0.25, 0.3) is 10.9 Å². The molecule has 2 aliphatic rings. The second-order valence-electron chi connectivity index (χ2n) is 7.33. The highest BCUT2D eigenvalue weighted by molar-refractivity contribution is 9.10. The van der Waals surface area contributed by atoms with Gasteiger partial charge in [-0.2, -0.15) is 15.2 Å². The fourth-order valence-electron chi connectivity index (χ4n) is 3.53. The zero-order chi connectivity index (χ0) is 21.7. The molecule has 1 aromatic heterocycles. The molecule has 1 aromatic carbocycles. The fourth-order valence-corrected chi connectivity index (χ4v) is 4.03. The number of anilines is 1. The number of benzene rings is 1. The minimum atomic E-state index is -0.487. The van der Waals surface area contributed by atoms with E-state index in [-0.39, 0.29) is 22.0 Å². The molecule has 2 aliphatic heterocycles. The number of hydrogen-bond donors (Lipinski definition) is 1. The van der Waals surface area contributed by atoms with Crippen molar-refractivity contribution in [2.24, 2.45) is 0 Å². The van der Waals surface area contributed by atoms with Gasteiger partial charge in [0.05, 0.1) is 15.6 Å². The van der Waals surface area contributed by atoms with Gasteiger partial charge in [0.2, 0.25) is 0 Å². The zero-order valence-electron chi connectivity index (χ0n) is 17.1. The SMILES string of the molecule is CC#N.CN1CCN(c2nc(OCC3CCCN3)nc3c(F)c(Br)c(Cl)cc23)CC1. The molecule has 0 saturated carbocycles. The first-order valence-corrected chi connectivity index (χ1v) is 11.1. The minimum absolute atomic E-state index is 0.207. The number of likely N-dealkylation sites (N-methyl/N-ethyl adjacent to an activating group) is 1. The molecule has 162 valence electrons. The molecule has 2 saturated heterocycles. The molecule has 0 amide bonds. The minimum Gasteiger partial charge on any atom is -0.462 e. The molecule has 2 aromatic rings. The van der Waals surface area contributed by atoms with E-state index in [1.165, 1.54) is 6.92 Å². The Morgan fingerprint density at radius 1 is 1.37 bits per heavy atom. The maximum Gasteiger partial charge on any atom is 0.319 e. The van der Waals surface area contributed by atoms with Crippen molar-refractivity contribution in [3.8, 4) is 12.1 Å². The Balaban J connectivity index is 0.000000806. The highest BCUT2D eigenvalue weighted by atomic mass is 79.9. The standard InChI is InChI=1S/C18H22BrClFN5O.C2H3N/c1-25-5-7-26(8-6-25)17-12-9-13(20)14(19)15(21)16(12)23-18(24-17)27-10-11-3-2-4-22-11;1-2-3/h9,11,22H,2-8,10H2,1H3;1H3. The largest absolute Gasteiger partial charge is 0.462 e. The molecular formula is C20H25BrClFN6O. The molecule has 1 N–H and O–H groups in total. The van der Waals surface area contributed by atoms with E-state index in [4.69, 9.17) is 21.6 Å². The monoisotopic (exact) mass is 498 g/mol. The van der Waals surface area contributed by atoms with Gasteiger partial charge >= 0.3 is 6.01 Å². The van der Waals surface area contributed by atoms with E-state index in [9.17, 15) is 4.39 Å². The van der Waals surface area contributed by atoms with Crippen molar-refractivity contribution >= 4 is 44.3 Å². The first-order chi connectivity index (χ1) is 14.4. The smallest absolute Gasteiger partial charge is 0.319 e. The average Bonchev–Trinajstić information content (AvgIpc) is 3.25. The summed E-state index contributed by atoms with van der Waals surface area (Å²) in [5.74, 6) is 0.190. The number of piperazine rings is 1. The molecule has 30 heavy (non-hydrogen) atoms. The van der Waals surface area contributed by atoms with Crippen LogP contribution in [0.5, 0.6) is 6.01 Å². The lowest BCUT2D eigenvalue weighted by Gasteiger charge is -2.33. The van der Waals surface area contributed by atoms with Gasteiger partial charge < -0.3 is 19.9 Å². The lowest BCUT2D eigenvalue weighted by molar-refractivity contribution is 0.257. The van der Waals surface area contributed by atoms with Gasteiger partial charge in [0, 0.05) is 44.5 Å². The Hall–Kier alpha value is -1.73. The van der Waals surface area contributed by atoms with Crippen LogP contribution in [0, 0.1) is 17.1 Å². The van der Waals surface area contributed by atoms with Crippen LogP contribution in [-0.4, -0.2) is 67.3 Å². The number of aromatic nitrogens is 2. The Labute approximate surface area is 189 Å². The average molecular weight is 500 g/mol. The highest BCUT2D eigenvalue weighted by Crippen LogP contribution is 2.36. The van der Waals surface area contributed by atoms with Gasteiger partial charge in [-0.15, -0.1) is 0 Å². The van der Waals surface area contributed by atoms with E-state index in [1.54, 1.807) is 12.1 Å². The predicted octanol–water partition coefficient (Wildman–Crippen LogP) is 3.60. The van der Waals surface area contributed by atoms with Gasteiger partial charge in [0.15, 0.2) is 5.82 Å². The second kappa shape index (κ2) is 10.5. The summed E-state index contributed by atoms with van der Waals surface area (Å²) in [6.45, 7) is 6.35. The number of fused-ring (bicyclic) bond motifs is 1. The maximum absolute atomic E-state index is 14.9. The van der Waals surface area contributed by atoms with Gasteiger partial charge in [0.1, 0.15) is 17.9 Å². The van der Waals surface area contributed by atoms with E-state index in [0.717, 1.165) is 45.6 Å². The first kappa shape index (κ1) is 22.9. The van der Waals surface area contributed by atoms with Crippen molar-refractivity contribution in [2.45, 2.75) is 25.8 Å². The van der Waals surface area contributed by atoms with Gasteiger partial charge in [0.25, 0.3) is 0 Å². The molecule has 4 rings (SSSR count). The molecule has 10 heteroatoms. The molecular weight excluding hydrogens is 475 g/mol. The van der Waals surface area contributed by atoms with Crippen LogP contribution in [0.15, 0.2) is 10.5 Å². The number of ether oxygens (including phenoxy) is 1. The number of halogens is 3. The predicted molar refractivity (Wildman–Crippen MR) is 120 cm³/mol. The third-order valence-corrected chi connectivity index (χ3v) is 6.47. The van der Waals surface area contributed by atoms with Crippen LogP contribution in [0.1, 0.15) is 19.8 Å². The van der Waals surface area contributed by atoms with E-state index in [0.29, 0.717) is 22.8 Å². The summed E-state index contributed by atoms with van der Waals surface area (Å²) in [5.41, 5.74) is 0.226. The van der Waals surface area contributed by atoms with Crippen molar-refractivity contribution < 1.29 is 9.13 Å². The number of nitriles is 1. The van der Waals surface area contributed by atoms with Gasteiger partial charge in [-0.05, 0) is 48.4 Å². The van der Waals surface area contributed by atoms with Crippen molar-refractivity contribution in [3.05, 3.63) is 21.4 Å². The molecule has 3 heterocycles. The van der Waals surface area contributed by atoms with Crippen LogP contribution >= 0.6 is 27.5 Å². The lowest BCUT2D eigenvalue weighted by atomic mass is 10.2. The van der Waals surface area contributed by atoms with E-state index in [1.807, 2.05) is 0 Å². The van der Waals surface area contributed by atoms with Crippen LogP contribution in [0.2, 0.25) is 5.02 Å². The summed E-state index contributed by atoms with van der Waals surface area (Å²) < 4.78 is 20.9. The molecule has 0 bridgehead atoms. The zero-order valence-corrected chi connectivity index (χ0v) is 19.4. The summed E-state index contributed by atoms with van der Waals surface area (Å²) >= 11 is 9.41. The van der Waals surface area contributed by atoms with Gasteiger partial charge in [-0.1, -0.05) is 11.6 Å². The fraction of sp³-hybridized carbons (Fsp3) is 0.550. The Morgan fingerprint density at radius 2 is 2.07 bits per heavy atom. The summed E-state index contributed by atoms with van der Waals surface area (Å²) in [7, 11) is 2.09. The van der Waals surface area contributed by atoms with Crippen molar-refractivity contribution in [3.63, 3.8) is 0 Å². The van der Waals surface area contributed by atoms with Crippen LogP contribution < -0.4 is 15.0 Å². The molecule has 0 radical (unpaired) electrons. The van der Waals surface area contributed by atoms with Crippen molar-refractivity contribution in [1.82, 2.24) is 20.2 Å². The summed E-state index contributed by atoms with van der Waals surface area (Å²) in [6, 6.07) is 3.97. The second-order valence-corrected chi connectivity index (χ2v) is 8.53. The maximum atomic E-state index is 14.9. The molecule has 0 aliphatic carbocycles. The summed E-state index contributed by atoms with van der Waals surface area (Å²) in [5, 5.41) is 11.6. The molecule has 1 unspecified atom stereocenters. The normalized spacial score (nSPS) is 19.3. The van der Waals surface area contributed by atoms with Crippen LogP contribution in [0.3, 0.4) is 0 Å². The molecule has 0 spiro atoms. The quantitative estimate of drug-likeness (QED) is 0.644. The lowest BCUT2D eigenvalue weighted by Crippen LogP contribution is -2.45. The Morgan fingerprint density at radius 3 is 2.70 bits per heavy atom. The van der Waals surface area contributed by atoms with E-state index < -0.39 is 5.82 Å². The van der Waals surface area contributed by atoms with Gasteiger partial charge in [-0.25, -0.2) is 4.39 Å². The third-order valence-electron chi connectivity index (χ3n) is 5.17. The number of rotatable bonds is 4. The third kappa shape index (κ3) is 5.30. The van der Waals surface area contributed by atoms with Crippen LogP contribution in [-0.2, 0) is 0 Å². The van der Waals surface area contributed by atoms with Crippen LogP contribution in [0.4, 0.5) is 10.2 Å². The molecule has 1 atom stereocenters. The van der Waals surface area contributed by atoms with E-state index in [2.05, 4.69) is 48.1 Å². The number of hydrogen-bond acceptors (Lipinski definition) is 7. The molecule has 7 nitrogen and oxygen atoms in total. The van der Waals surface area contributed by atoms with Crippen molar-refractivity contribution in [1.29, 1.82) is 5.26 Å². The Kier molecular flexibility index (Phi) is 8.06. The first-order valence-electron chi connectivity index (χ1n) is 9.90. The summed E-state index contributed by atoms with van der Waals surface area (Å²) in [6.07, 6.45) is 2.20. The van der Waals surface area contributed by atoms with Crippen molar-refractivity contribution in [2.75, 3.05) is 51.3 Å². The van der Waals surface area contributed by atoms with Gasteiger partial charge in [-0.3, -0.25) is 0 Å². The Bertz CT molecular complexity index is 926. The topological polar surface area (TPSA) is 77.3 Å². The highest BCUT2D eigenvalue weighted by Gasteiger charge is 2.23. The summed E-state index contributed by atoms with van der Waals surface area (Å²) in [4.78, 5) is 13.4. The molecule has 2 fully saturated rings. The van der Waals surface area contributed by atoms with E-state index >= 15 is 0 Å². The number of nitrogens with one attached hydrogen (secondary N) is 1. The number of nitrogens with zero attached hydrogens (tertiary/aromatic N) is 5.